The third-order valence-corrected chi connectivity index (χ3v) is 1.26. The fourth-order valence-corrected chi connectivity index (χ4v) is 0.755. The number of nitrogens with one attached hydrogen (secondary N) is 1. The van der Waals surface area contributed by atoms with Gasteiger partial charge in [0.15, 0.2) is 0 Å². The summed E-state index contributed by atoms with van der Waals surface area (Å²) >= 11 is 0. The zero-order valence-electron chi connectivity index (χ0n) is 6.06. The SMILES string of the molecule is Br.NNc1ccccc1[N+](=O)[O-]. The monoisotopic (exact) mass is 233 g/mol. The van der Waals surface area contributed by atoms with Crippen LogP contribution in [-0.4, -0.2) is 4.92 Å². The molecule has 0 aromatic heterocycles. The Kier molecular flexibility index (Phi) is 4.24. The van der Waals surface area contributed by atoms with Crippen molar-refractivity contribution in [3.05, 3.63) is 34.4 Å². The normalized spacial score (nSPS) is 8.42. The molecule has 0 fully saturated rings. The largest absolute Gasteiger partial charge is 0.318 e. The number of anilines is 1. The van der Waals surface area contributed by atoms with Crippen molar-refractivity contribution in [3.63, 3.8) is 0 Å². The van der Waals surface area contributed by atoms with Gasteiger partial charge in [0.05, 0.1) is 4.92 Å². The predicted molar refractivity (Wildman–Crippen MR) is 51.2 cm³/mol. The Morgan fingerprint density at radius 1 is 1.42 bits per heavy atom. The summed E-state index contributed by atoms with van der Waals surface area (Å²) in [6, 6.07) is 6.18. The molecule has 0 aliphatic rings. The summed E-state index contributed by atoms with van der Waals surface area (Å²) in [6.45, 7) is 0. The van der Waals surface area contributed by atoms with Crippen LogP contribution in [0.15, 0.2) is 24.3 Å². The lowest BCUT2D eigenvalue weighted by atomic mass is 10.3. The molecule has 12 heavy (non-hydrogen) atoms. The summed E-state index contributed by atoms with van der Waals surface area (Å²) in [5, 5.41) is 10.3. The smallest absolute Gasteiger partial charge is 0.293 e. The zero-order chi connectivity index (χ0) is 8.27. The number of rotatable bonds is 2. The van der Waals surface area contributed by atoms with Crippen LogP contribution in [0.2, 0.25) is 0 Å². The molecule has 0 spiro atoms. The zero-order valence-corrected chi connectivity index (χ0v) is 7.77. The lowest BCUT2D eigenvalue weighted by Gasteiger charge is -1.98. The van der Waals surface area contributed by atoms with Crippen LogP contribution in [0.3, 0.4) is 0 Å². The first-order chi connectivity index (χ1) is 5.25. The highest BCUT2D eigenvalue weighted by molar-refractivity contribution is 8.93. The molecule has 5 nitrogen and oxygen atoms in total. The van der Waals surface area contributed by atoms with E-state index in [0.29, 0.717) is 5.69 Å². The van der Waals surface area contributed by atoms with Crippen LogP contribution >= 0.6 is 17.0 Å². The van der Waals surface area contributed by atoms with Gasteiger partial charge in [0.2, 0.25) is 0 Å². The van der Waals surface area contributed by atoms with Gasteiger partial charge < -0.3 is 5.43 Å². The Bertz CT molecular complexity index is 279. The molecule has 1 aromatic rings. The van der Waals surface area contributed by atoms with E-state index in [2.05, 4.69) is 5.43 Å². The first kappa shape index (κ1) is 10.9. The van der Waals surface area contributed by atoms with Crippen LogP contribution in [0.5, 0.6) is 0 Å². The molecule has 0 heterocycles. The summed E-state index contributed by atoms with van der Waals surface area (Å²) in [6.07, 6.45) is 0. The Labute approximate surface area is 79.5 Å². The van der Waals surface area contributed by atoms with Gasteiger partial charge in [-0.1, -0.05) is 12.1 Å². The summed E-state index contributed by atoms with van der Waals surface area (Å²) in [4.78, 5) is 9.80. The number of hydrogen-bond acceptors (Lipinski definition) is 4. The molecule has 0 aliphatic heterocycles. The Hall–Kier alpha value is -1.14. The molecule has 66 valence electrons. The quantitative estimate of drug-likeness (QED) is 0.461. The number of nitrogens with zero attached hydrogens (tertiary/aromatic N) is 1. The topological polar surface area (TPSA) is 81.2 Å². The molecular formula is C6H8BrN3O2. The molecule has 0 bridgehead atoms. The predicted octanol–water partition coefficient (Wildman–Crippen LogP) is 1.46. The Morgan fingerprint density at radius 3 is 2.42 bits per heavy atom. The molecule has 1 rings (SSSR count). The van der Waals surface area contributed by atoms with Gasteiger partial charge in [0.1, 0.15) is 5.69 Å². The molecule has 0 atom stereocenters. The van der Waals surface area contributed by atoms with E-state index in [4.69, 9.17) is 5.84 Å². The number of hydrogen-bond donors (Lipinski definition) is 2. The number of nitro benzene ring substituents is 1. The molecule has 6 heteroatoms. The highest BCUT2D eigenvalue weighted by Crippen LogP contribution is 2.21. The van der Waals surface area contributed by atoms with Gasteiger partial charge in [0.25, 0.3) is 5.69 Å². The van der Waals surface area contributed by atoms with Crippen molar-refractivity contribution in [2.24, 2.45) is 5.84 Å². The van der Waals surface area contributed by atoms with Crippen molar-refractivity contribution in [2.45, 2.75) is 0 Å². The molecule has 0 saturated heterocycles. The van der Waals surface area contributed by atoms with E-state index in [-0.39, 0.29) is 22.7 Å². The van der Waals surface area contributed by atoms with Crippen molar-refractivity contribution >= 4 is 28.4 Å². The van der Waals surface area contributed by atoms with E-state index in [1.807, 2.05) is 0 Å². The number of hydrazine groups is 1. The third-order valence-electron chi connectivity index (χ3n) is 1.26. The van der Waals surface area contributed by atoms with E-state index >= 15 is 0 Å². The van der Waals surface area contributed by atoms with E-state index in [9.17, 15) is 10.1 Å². The maximum atomic E-state index is 10.3. The second kappa shape index (κ2) is 4.68. The highest BCUT2D eigenvalue weighted by atomic mass is 79.9. The van der Waals surface area contributed by atoms with E-state index in [1.54, 1.807) is 12.1 Å². The standard InChI is InChI=1S/C6H7N3O2.BrH/c7-8-5-3-1-2-4-6(5)9(10)11;/h1-4,8H,7H2;1H. The molecule has 1 aromatic carbocycles. The van der Waals surface area contributed by atoms with Crippen molar-refractivity contribution in [3.8, 4) is 0 Å². The van der Waals surface area contributed by atoms with Gasteiger partial charge in [-0.2, -0.15) is 0 Å². The van der Waals surface area contributed by atoms with Crippen LogP contribution in [0.1, 0.15) is 0 Å². The maximum Gasteiger partial charge on any atom is 0.293 e. The number of nitrogen functional groups attached to an aromatic ring is 1. The second-order valence-electron chi connectivity index (χ2n) is 1.92. The molecule has 0 saturated carbocycles. The van der Waals surface area contributed by atoms with Gasteiger partial charge in [-0.15, -0.1) is 17.0 Å². The van der Waals surface area contributed by atoms with Gasteiger partial charge >= 0.3 is 0 Å². The van der Waals surface area contributed by atoms with Crippen LogP contribution in [0.4, 0.5) is 11.4 Å². The number of nitro groups is 1. The summed E-state index contributed by atoms with van der Waals surface area (Å²) in [5.41, 5.74) is 2.53. The van der Waals surface area contributed by atoms with Crippen molar-refractivity contribution in [1.29, 1.82) is 0 Å². The number of nitrogens with two attached hydrogens (primary N) is 1. The lowest BCUT2D eigenvalue weighted by Crippen LogP contribution is -2.08. The minimum absolute atomic E-state index is 0. The number of benzene rings is 1. The molecule has 0 radical (unpaired) electrons. The van der Waals surface area contributed by atoms with Crippen LogP contribution in [-0.2, 0) is 0 Å². The molecular weight excluding hydrogens is 226 g/mol. The Balaban J connectivity index is 0.00000121. The van der Waals surface area contributed by atoms with Crippen LogP contribution < -0.4 is 11.3 Å². The van der Waals surface area contributed by atoms with Crippen molar-refractivity contribution < 1.29 is 4.92 Å². The molecule has 0 amide bonds. The lowest BCUT2D eigenvalue weighted by molar-refractivity contribution is -0.384. The van der Waals surface area contributed by atoms with Crippen LogP contribution in [0, 0.1) is 10.1 Å². The average Bonchev–Trinajstić information content (AvgIpc) is 2.04. The maximum absolute atomic E-state index is 10.3. The summed E-state index contributed by atoms with van der Waals surface area (Å²) in [7, 11) is 0. The first-order valence-electron chi connectivity index (χ1n) is 2.95. The number of para-hydroxylation sites is 2. The van der Waals surface area contributed by atoms with E-state index in [1.165, 1.54) is 12.1 Å². The minimum atomic E-state index is -0.491. The fourth-order valence-electron chi connectivity index (χ4n) is 0.755. The summed E-state index contributed by atoms with van der Waals surface area (Å²) in [5.74, 6) is 5.03. The minimum Gasteiger partial charge on any atom is -0.318 e. The molecule has 0 aliphatic carbocycles. The van der Waals surface area contributed by atoms with Gasteiger partial charge in [0, 0.05) is 6.07 Å². The third kappa shape index (κ3) is 2.18. The van der Waals surface area contributed by atoms with E-state index < -0.39 is 4.92 Å². The van der Waals surface area contributed by atoms with Gasteiger partial charge in [-0.25, -0.2) is 0 Å². The number of halogens is 1. The van der Waals surface area contributed by atoms with Crippen molar-refractivity contribution in [1.82, 2.24) is 0 Å². The van der Waals surface area contributed by atoms with E-state index in [0.717, 1.165) is 0 Å². The van der Waals surface area contributed by atoms with Crippen molar-refractivity contribution in [2.75, 3.05) is 5.43 Å². The van der Waals surface area contributed by atoms with Gasteiger partial charge in [-0.05, 0) is 6.07 Å². The Morgan fingerprint density at radius 2 is 2.00 bits per heavy atom. The molecule has 3 N–H and O–H groups in total. The summed E-state index contributed by atoms with van der Waals surface area (Å²) < 4.78 is 0. The first-order valence-corrected chi connectivity index (χ1v) is 2.95. The van der Waals surface area contributed by atoms with Crippen LogP contribution in [0.25, 0.3) is 0 Å². The highest BCUT2D eigenvalue weighted by Gasteiger charge is 2.09. The average molecular weight is 234 g/mol. The van der Waals surface area contributed by atoms with Gasteiger partial charge in [-0.3, -0.25) is 16.0 Å². The fraction of sp³-hybridized carbons (Fsp3) is 0. The second-order valence-corrected chi connectivity index (χ2v) is 1.92. The molecule has 0 unspecified atom stereocenters.